The topological polar surface area (TPSA) is 59.3 Å². The number of para-hydroxylation sites is 2. The molecule has 58 heavy (non-hydrogen) atoms. The summed E-state index contributed by atoms with van der Waals surface area (Å²) < 4.78 is 8.71. The number of hydrogen-bond donors (Lipinski definition) is 0. The molecular formula is C50H31N6OPt-3. The number of aromatic nitrogens is 4. The molecule has 8 heteroatoms. The molecule has 0 amide bonds. The Morgan fingerprint density at radius 2 is 1.21 bits per heavy atom. The van der Waals surface area contributed by atoms with Crippen molar-refractivity contribution < 1.29 is 25.8 Å². The molecule has 0 unspecified atom stereocenters. The maximum absolute atomic E-state index is 6.58. The zero-order valence-electron chi connectivity index (χ0n) is 30.8. The van der Waals surface area contributed by atoms with Gasteiger partial charge in [-0.2, -0.15) is 12.1 Å². The monoisotopic (exact) mass is 926 g/mol. The third-order valence-electron chi connectivity index (χ3n) is 10.4. The molecule has 0 N–H and O–H groups in total. The van der Waals surface area contributed by atoms with Crippen molar-refractivity contribution in [3.8, 4) is 39.6 Å². The van der Waals surface area contributed by atoms with Crippen molar-refractivity contribution in [3.63, 3.8) is 0 Å². The molecule has 0 saturated carbocycles. The molecule has 3 aromatic heterocycles. The van der Waals surface area contributed by atoms with Crippen molar-refractivity contribution in [3.05, 3.63) is 201 Å². The maximum Gasteiger partial charge on any atom is 0.135 e. The smallest absolute Gasteiger partial charge is 0.135 e. The Hall–Kier alpha value is -7.08. The van der Waals surface area contributed by atoms with E-state index in [1.165, 1.54) is 0 Å². The van der Waals surface area contributed by atoms with Crippen molar-refractivity contribution in [2.75, 3.05) is 9.80 Å². The molecule has 0 saturated heterocycles. The van der Waals surface area contributed by atoms with Gasteiger partial charge in [0.15, 0.2) is 0 Å². The van der Waals surface area contributed by atoms with Gasteiger partial charge >= 0.3 is 0 Å². The summed E-state index contributed by atoms with van der Waals surface area (Å²) in [5.41, 5.74) is 11.7. The summed E-state index contributed by atoms with van der Waals surface area (Å²) in [5.74, 6) is 1.96. The maximum atomic E-state index is 6.58. The van der Waals surface area contributed by atoms with Gasteiger partial charge in [0.05, 0.1) is 11.2 Å². The zero-order valence-corrected chi connectivity index (χ0v) is 33.1. The average molecular weight is 927 g/mol. The zero-order chi connectivity index (χ0) is 37.7. The van der Waals surface area contributed by atoms with E-state index in [0.29, 0.717) is 11.5 Å². The molecule has 1 aliphatic rings. The van der Waals surface area contributed by atoms with Gasteiger partial charge in [-0.15, -0.1) is 48.1 Å². The van der Waals surface area contributed by atoms with Crippen LogP contribution in [0.3, 0.4) is 0 Å². The molecule has 0 fully saturated rings. The number of fused-ring (bicyclic) bond motifs is 6. The first-order valence-corrected chi connectivity index (χ1v) is 18.8. The van der Waals surface area contributed by atoms with Crippen molar-refractivity contribution in [2.45, 2.75) is 0 Å². The first kappa shape index (κ1) is 35.3. The van der Waals surface area contributed by atoms with E-state index in [1.807, 2.05) is 72.9 Å². The van der Waals surface area contributed by atoms with Crippen LogP contribution in [0, 0.1) is 18.8 Å². The number of ether oxygens (including phenoxy) is 1. The van der Waals surface area contributed by atoms with Crippen molar-refractivity contribution >= 4 is 55.6 Å². The Morgan fingerprint density at radius 1 is 0.500 bits per heavy atom. The van der Waals surface area contributed by atoms with Gasteiger partial charge in [0.2, 0.25) is 0 Å². The molecule has 1 aliphatic heterocycles. The van der Waals surface area contributed by atoms with Crippen LogP contribution in [0.15, 0.2) is 182 Å². The molecule has 0 aliphatic carbocycles. The van der Waals surface area contributed by atoms with E-state index in [4.69, 9.17) is 14.7 Å². The number of benzene rings is 7. The predicted octanol–water partition coefficient (Wildman–Crippen LogP) is 12.3. The van der Waals surface area contributed by atoms with Crippen LogP contribution in [0.2, 0.25) is 0 Å². The number of anilines is 4. The molecule has 11 rings (SSSR count). The molecule has 0 atom stereocenters. The van der Waals surface area contributed by atoms with E-state index >= 15 is 0 Å². The van der Waals surface area contributed by atoms with E-state index in [2.05, 4.69) is 135 Å². The fraction of sp³-hybridized carbons (Fsp3) is 0. The van der Waals surface area contributed by atoms with Crippen LogP contribution in [0.25, 0.3) is 60.9 Å². The molecule has 0 bridgehead atoms. The minimum atomic E-state index is 0. The van der Waals surface area contributed by atoms with Crippen molar-refractivity contribution in [1.29, 1.82) is 0 Å². The van der Waals surface area contributed by atoms with E-state index in [-0.39, 0.29) is 21.1 Å². The Bertz CT molecular complexity index is 3040. The standard InChI is InChI=1S/C50H31N6O.Pt/c1-3-13-34(14-4-1)39-20-12-21-40(35-15-5-2-6-16-35)49(39)55-33-54(45-27-26-43-48(50(45)55)53-30-29-51-43)36-17-11-18-37(31-36)57-38-24-25-42-41-19-7-8-22-44(41)56(46(42)32-38)47-23-9-10-28-52-47;/h1-30,33H;/q-3;. The summed E-state index contributed by atoms with van der Waals surface area (Å²) in [6.07, 6.45) is 5.30. The summed E-state index contributed by atoms with van der Waals surface area (Å²) >= 11 is 0. The molecule has 4 heterocycles. The molecule has 10 aromatic rings. The average Bonchev–Trinajstić information content (AvgIpc) is 3.83. The van der Waals surface area contributed by atoms with Gasteiger partial charge in [-0.25, -0.2) is 4.98 Å². The normalized spacial score (nSPS) is 12.2. The van der Waals surface area contributed by atoms with Gasteiger partial charge in [0.25, 0.3) is 0 Å². The quantitative estimate of drug-likeness (QED) is 0.148. The summed E-state index contributed by atoms with van der Waals surface area (Å²) in [6, 6.07) is 63.1. The summed E-state index contributed by atoms with van der Waals surface area (Å²) in [5, 5.41) is 2.20. The molecule has 280 valence electrons. The Labute approximate surface area is 349 Å². The number of nitrogens with zero attached hydrogens (tertiary/aromatic N) is 6. The Morgan fingerprint density at radius 3 is 1.98 bits per heavy atom. The number of rotatable bonds is 7. The summed E-state index contributed by atoms with van der Waals surface area (Å²) in [4.78, 5) is 18.7. The summed E-state index contributed by atoms with van der Waals surface area (Å²) in [6.45, 7) is 2.13. The predicted molar refractivity (Wildman–Crippen MR) is 228 cm³/mol. The van der Waals surface area contributed by atoms with Crippen LogP contribution in [-0.2, 0) is 21.1 Å². The minimum absolute atomic E-state index is 0. The van der Waals surface area contributed by atoms with Gasteiger partial charge in [-0.1, -0.05) is 109 Å². The molecule has 7 nitrogen and oxygen atoms in total. The van der Waals surface area contributed by atoms with Gasteiger partial charge < -0.3 is 19.1 Å². The third-order valence-corrected chi connectivity index (χ3v) is 10.4. The van der Waals surface area contributed by atoms with Crippen LogP contribution in [0.1, 0.15) is 0 Å². The van der Waals surface area contributed by atoms with Crippen LogP contribution in [-0.4, -0.2) is 19.5 Å². The minimum Gasteiger partial charge on any atom is -0.509 e. The largest absolute Gasteiger partial charge is 0.509 e. The first-order valence-electron chi connectivity index (χ1n) is 18.8. The van der Waals surface area contributed by atoms with Crippen LogP contribution >= 0.6 is 0 Å². The molecular weight excluding hydrogens is 896 g/mol. The van der Waals surface area contributed by atoms with E-state index in [1.54, 1.807) is 12.4 Å². The van der Waals surface area contributed by atoms with Gasteiger partial charge in [-0.3, -0.25) is 9.97 Å². The van der Waals surface area contributed by atoms with Gasteiger partial charge in [0.1, 0.15) is 11.3 Å². The van der Waals surface area contributed by atoms with E-state index in [0.717, 1.165) is 83.7 Å². The SMILES string of the molecule is [Pt].[c-]1c(Oc2[c-]c3c(cc2)c2ccccc2n3-c2ccccn2)cccc1N1[CH-]N(c2c(-c3ccccc3)cccc2-c2ccccc2)c2c1ccc1nccnc21. The second-order valence-corrected chi connectivity index (χ2v) is 13.8. The van der Waals surface area contributed by atoms with Crippen LogP contribution in [0.4, 0.5) is 22.7 Å². The number of pyridine rings is 1. The van der Waals surface area contributed by atoms with Crippen LogP contribution in [0.5, 0.6) is 11.5 Å². The molecule has 7 aromatic carbocycles. The van der Waals surface area contributed by atoms with Gasteiger partial charge in [-0.05, 0) is 46.8 Å². The molecule has 0 radical (unpaired) electrons. The van der Waals surface area contributed by atoms with E-state index in [9.17, 15) is 0 Å². The second kappa shape index (κ2) is 14.8. The fourth-order valence-corrected chi connectivity index (χ4v) is 7.96. The Balaban J connectivity index is 0.00000408. The Kier molecular flexibility index (Phi) is 9.00. The second-order valence-electron chi connectivity index (χ2n) is 13.8. The molecule has 0 spiro atoms. The van der Waals surface area contributed by atoms with Crippen LogP contribution < -0.4 is 14.5 Å². The third kappa shape index (κ3) is 5.99. The van der Waals surface area contributed by atoms with E-state index < -0.39 is 0 Å². The number of hydrogen-bond acceptors (Lipinski definition) is 6. The fourth-order valence-electron chi connectivity index (χ4n) is 7.96. The van der Waals surface area contributed by atoms with Crippen molar-refractivity contribution in [2.24, 2.45) is 0 Å². The summed E-state index contributed by atoms with van der Waals surface area (Å²) in [7, 11) is 0. The van der Waals surface area contributed by atoms with Gasteiger partial charge in [0, 0.05) is 79.2 Å². The first-order chi connectivity index (χ1) is 28.3. The van der Waals surface area contributed by atoms with Crippen molar-refractivity contribution in [1.82, 2.24) is 19.5 Å².